The first-order valence-electron chi connectivity index (χ1n) is 11.9. The number of piperidine rings is 1. The lowest BCUT2D eigenvalue weighted by atomic mass is 9.94. The molecule has 33 heavy (non-hydrogen) atoms. The van der Waals surface area contributed by atoms with Crippen molar-refractivity contribution in [3.05, 3.63) is 39.9 Å². The lowest BCUT2D eigenvalue weighted by Crippen LogP contribution is -2.42. The van der Waals surface area contributed by atoms with Gasteiger partial charge in [-0.1, -0.05) is 13.8 Å². The molecule has 5 rings (SSSR count). The van der Waals surface area contributed by atoms with Gasteiger partial charge in [-0.25, -0.2) is 4.68 Å². The number of rotatable bonds is 5. The highest BCUT2D eigenvalue weighted by atomic mass is 16.6. The molecule has 9 nitrogen and oxygen atoms in total. The number of aromatic nitrogens is 5. The summed E-state index contributed by atoms with van der Waals surface area (Å²) in [5.41, 5.74) is 0.974. The zero-order valence-corrected chi connectivity index (χ0v) is 19.8. The lowest BCUT2D eigenvalue weighted by molar-refractivity contribution is 0.135. The van der Waals surface area contributed by atoms with Crippen LogP contribution in [0.2, 0.25) is 0 Å². The quantitative estimate of drug-likeness (QED) is 0.634. The number of tetrazole rings is 1. The molecule has 0 aliphatic carbocycles. The molecule has 0 amide bonds. The van der Waals surface area contributed by atoms with Crippen molar-refractivity contribution >= 4 is 10.9 Å². The number of nitrogens with zero attached hydrogens (tertiary/aromatic N) is 5. The Kier molecular flexibility index (Phi) is 5.60. The summed E-state index contributed by atoms with van der Waals surface area (Å²) in [5, 5.41) is 13.7. The molecule has 1 N–H and O–H groups in total. The maximum atomic E-state index is 13.5. The van der Waals surface area contributed by atoms with E-state index in [4.69, 9.17) is 9.47 Å². The third-order valence-electron chi connectivity index (χ3n) is 7.06. The highest BCUT2D eigenvalue weighted by Crippen LogP contribution is 2.36. The number of aromatic amines is 1. The molecule has 0 saturated carbocycles. The maximum absolute atomic E-state index is 13.5. The van der Waals surface area contributed by atoms with Gasteiger partial charge in [0.05, 0.1) is 11.1 Å². The fraction of sp³-hybridized carbons (Fsp3) is 0.583. The Labute approximate surface area is 193 Å². The second-order valence-corrected chi connectivity index (χ2v) is 9.90. The highest BCUT2D eigenvalue weighted by Gasteiger charge is 2.35. The van der Waals surface area contributed by atoms with E-state index in [2.05, 4.69) is 53.1 Å². The Morgan fingerprint density at radius 3 is 2.70 bits per heavy atom. The van der Waals surface area contributed by atoms with Crippen molar-refractivity contribution in [2.45, 2.75) is 58.5 Å². The molecular weight excluding hydrogens is 420 g/mol. The average Bonchev–Trinajstić information content (AvgIpc) is 3.29. The molecule has 1 fully saturated rings. The zero-order valence-electron chi connectivity index (χ0n) is 19.8. The van der Waals surface area contributed by atoms with Crippen LogP contribution in [0.3, 0.4) is 0 Å². The topological polar surface area (TPSA) is 98.2 Å². The van der Waals surface area contributed by atoms with Gasteiger partial charge in [0.25, 0.3) is 5.56 Å². The van der Waals surface area contributed by atoms with Crippen LogP contribution in [0.15, 0.2) is 23.0 Å². The van der Waals surface area contributed by atoms with Crippen molar-refractivity contribution in [1.29, 1.82) is 0 Å². The predicted octanol–water partition coefficient (Wildman–Crippen LogP) is 3.25. The Morgan fingerprint density at radius 2 is 1.97 bits per heavy atom. The first kappa shape index (κ1) is 21.9. The second-order valence-electron chi connectivity index (χ2n) is 9.90. The fourth-order valence-corrected chi connectivity index (χ4v) is 4.87. The van der Waals surface area contributed by atoms with Gasteiger partial charge in [0, 0.05) is 23.6 Å². The van der Waals surface area contributed by atoms with Gasteiger partial charge < -0.3 is 14.5 Å². The molecule has 2 atom stereocenters. The summed E-state index contributed by atoms with van der Waals surface area (Å²) in [6, 6.07) is 5.42. The number of nitrogens with one attached hydrogen (secondary N) is 1. The molecule has 3 aromatic rings. The van der Waals surface area contributed by atoms with Gasteiger partial charge in [-0.3, -0.25) is 9.69 Å². The van der Waals surface area contributed by atoms with E-state index in [1.54, 1.807) is 0 Å². The van der Waals surface area contributed by atoms with E-state index >= 15 is 0 Å². The predicted molar refractivity (Wildman–Crippen MR) is 125 cm³/mol. The van der Waals surface area contributed by atoms with E-state index < -0.39 is 0 Å². The van der Waals surface area contributed by atoms with Crippen LogP contribution in [0.5, 0.6) is 11.5 Å². The van der Waals surface area contributed by atoms with Crippen molar-refractivity contribution in [2.75, 3.05) is 26.3 Å². The molecular formula is C24H32N6O3. The molecule has 0 spiro atoms. The van der Waals surface area contributed by atoms with Crippen LogP contribution in [-0.2, 0) is 5.54 Å². The molecule has 4 heterocycles. The van der Waals surface area contributed by atoms with Crippen molar-refractivity contribution in [3.63, 3.8) is 0 Å². The van der Waals surface area contributed by atoms with Gasteiger partial charge in [0.15, 0.2) is 17.3 Å². The van der Waals surface area contributed by atoms with Crippen LogP contribution in [0.4, 0.5) is 0 Å². The monoisotopic (exact) mass is 452 g/mol. The fourth-order valence-electron chi connectivity index (χ4n) is 4.87. The molecule has 1 aromatic carbocycles. The Bertz CT molecular complexity index is 1220. The number of H-pyrrole nitrogens is 1. The largest absolute Gasteiger partial charge is 0.486 e. The molecule has 0 radical (unpaired) electrons. The minimum absolute atomic E-state index is 0.133. The third-order valence-corrected chi connectivity index (χ3v) is 7.06. The number of benzene rings is 1. The minimum atomic E-state index is -0.338. The number of hydrogen-bond donors (Lipinski definition) is 1. The van der Waals surface area contributed by atoms with Crippen molar-refractivity contribution in [1.82, 2.24) is 30.1 Å². The van der Waals surface area contributed by atoms with Crippen molar-refractivity contribution < 1.29 is 9.47 Å². The molecule has 176 valence electrons. The number of ether oxygens (including phenoxy) is 2. The first-order chi connectivity index (χ1) is 15.9. The van der Waals surface area contributed by atoms with E-state index in [1.807, 2.05) is 22.9 Å². The maximum Gasteiger partial charge on any atom is 0.253 e. The van der Waals surface area contributed by atoms with Crippen LogP contribution in [0.1, 0.15) is 64.4 Å². The SMILES string of the molecule is CCC(C)(C)n1nnnc1C(c1cc2cc3c(cc2[nH]c1=O)OCCO3)N1CCCC(C)C1. The van der Waals surface area contributed by atoms with E-state index in [0.29, 0.717) is 42.0 Å². The van der Waals surface area contributed by atoms with Crippen LogP contribution < -0.4 is 15.0 Å². The standard InChI is InChI=1S/C24H32N6O3/c1-5-24(3,4)30-22(26-27-28-30)21(29-8-6-7-15(2)14-29)17-11-16-12-19-20(33-10-9-32-19)13-18(16)25-23(17)31/h11-13,15,21H,5-10,14H2,1-4H3,(H,25,31). The molecule has 2 unspecified atom stereocenters. The van der Waals surface area contributed by atoms with E-state index in [1.165, 1.54) is 6.42 Å². The van der Waals surface area contributed by atoms with Crippen molar-refractivity contribution in [2.24, 2.45) is 5.92 Å². The van der Waals surface area contributed by atoms with Crippen LogP contribution >= 0.6 is 0 Å². The van der Waals surface area contributed by atoms with Crippen molar-refractivity contribution in [3.8, 4) is 11.5 Å². The Hall–Kier alpha value is -2.94. The Balaban J connectivity index is 1.68. The summed E-state index contributed by atoms with van der Waals surface area (Å²) >= 11 is 0. The lowest BCUT2D eigenvalue weighted by Gasteiger charge is -2.37. The minimum Gasteiger partial charge on any atom is -0.486 e. The van der Waals surface area contributed by atoms with Crippen LogP contribution in [0, 0.1) is 5.92 Å². The molecule has 9 heteroatoms. The molecule has 2 aliphatic heterocycles. The highest BCUT2D eigenvalue weighted by molar-refractivity contribution is 5.83. The normalized spacial score (nSPS) is 20.2. The van der Waals surface area contributed by atoms with Crippen LogP contribution in [0.25, 0.3) is 10.9 Å². The van der Waals surface area contributed by atoms with E-state index in [0.717, 1.165) is 36.8 Å². The van der Waals surface area contributed by atoms with Gasteiger partial charge in [-0.05, 0) is 68.1 Å². The number of likely N-dealkylation sites (tertiary alicyclic amines) is 1. The summed E-state index contributed by atoms with van der Waals surface area (Å²) in [7, 11) is 0. The Morgan fingerprint density at radius 1 is 1.21 bits per heavy atom. The summed E-state index contributed by atoms with van der Waals surface area (Å²) in [6.07, 6.45) is 3.14. The average molecular weight is 453 g/mol. The number of pyridine rings is 1. The second kappa shape index (κ2) is 8.44. The van der Waals surface area contributed by atoms with Gasteiger partial charge in [-0.2, -0.15) is 0 Å². The smallest absolute Gasteiger partial charge is 0.253 e. The molecule has 2 aromatic heterocycles. The van der Waals surface area contributed by atoms with Gasteiger partial charge >= 0.3 is 0 Å². The molecule has 1 saturated heterocycles. The van der Waals surface area contributed by atoms with Gasteiger partial charge in [0.2, 0.25) is 0 Å². The summed E-state index contributed by atoms with van der Waals surface area (Å²) in [6.45, 7) is 11.4. The van der Waals surface area contributed by atoms with Gasteiger partial charge in [0.1, 0.15) is 19.3 Å². The molecule has 0 bridgehead atoms. The summed E-state index contributed by atoms with van der Waals surface area (Å²) in [5.74, 6) is 2.61. The summed E-state index contributed by atoms with van der Waals surface area (Å²) < 4.78 is 13.4. The number of fused-ring (bicyclic) bond motifs is 2. The molecule has 2 aliphatic rings. The zero-order chi connectivity index (χ0) is 23.2. The number of hydrogen-bond acceptors (Lipinski definition) is 7. The van der Waals surface area contributed by atoms with E-state index in [9.17, 15) is 4.79 Å². The third kappa shape index (κ3) is 3.99. The van der Waals surface area contributed by atoms with E-state index in [-0.39, 0.29) is 17.1 Å². The summed E-state index contributed by atoms with van der Waals surface area (Å²) in [4.78, 5) is 18.9. The van der Waals surface area contributed by atoms with Gasteiger partial charge in [-0.15, -0.1) is 5.10 Å². The van der Waals surface area contributed by atoms with Crippen LogP contribution in [-0.4, -0.2) is 56.4 Å². The first-order valence-corrected chi connectivity index (χ1v) is 11.9.